The summed E-state index contributed by atoms with van der Waals surface area (Å²) in [6.07, 6.45) is 0. The molecule has 24 heavy (non-hydrogen) atoms. The van der Waals surface area contributed by atoms with Crippen molar-refractivity contribution in [3.05, 3.63) is 66.0 Å². The van der Waals surface area contributed by atoms with Crippen molar-refractivity contribution in [3.8, 4) is 0 Å². The lowest BCUT2D eigenvalue weighted by Gasteiger charge is -2.34. The number of carbonyl (C=O) groups excluding carboxylic acids is 1. The SMILES string of the molecule is O=C(CNc1ccc(F)cc1)N1CCN(Cc2ccccc2)CC1. The van der Waals surface area contributed by atoms with Crippen molar-refractivity contribution in [2.24, 2.45) is 0 Å². The van der Waals surface area contributed by atoms with Gasteiger partial charge in [-0.25, -0.2) is 4.39 Å². The van der Waals surface area contributed by atoms with Crippen LogP contribution in [0.25, 0.3) is 0 Å². The Balaban J connectivity index is 1.42. The summed E-state index contributed by atoms with van der Waals surface area (Å²) in [7, 11) is 0. The number of hydrogen-bond acceptors (Lipinski definition) is 3. The first kappa shape index (κ1) is 16.5. The fourth-order valence-corrected chi connectivity index (χ4v) is 2.85. The van der Waals surface area contributed by atoms with E-state index in [4.69, 9.17) is 0 Å². The number of benzene rings is 2. The molecule has 1 aliphatic rings. The van der Waals surface area contributed by atoms with Gasteiger partial charge in [0.15, 0.2) is 0 Å². The van der Waals surface area contributed by atoms with Crippen LogP contribution in [0.4, 0.5) is 10.1 Å². The summed E-state index contributed by atoms with van der Waals surface area (Å²) in [5.74, 6) is -0.194. The molecule has 1 N–H and O–H groups in total. The van der Waals surface area contributed by atoms with Crippen molar-refractivity contribution in [1.29, 1.82) is 0 Å². The van der Waals surface area contributed by atoms with Gasteiger partial charge in [0.2, 0.25) is 5.91 Å². The van der Waals surface area contributed by atoms with Gasteiger partial charge in [0, 0.05) is 38.4 Å². The number of rotatable bonds is 5. The average molecular weight is 327 g/mol. The summed E-state index contributed by atoms with van der Waals surface area (Å²) < 4.78 is 12.9. The van der Waals surface area contributed by atoms with E-state index in [9.17, 15) is 9.18 Å². The van der Waals surface area contributed by atoms with Gasteiger partial charge in [0.25, 0.3) is 0 Å². The number of nitrogens with zero attached hydrogens (tertiary/aromatic N) is 2. The molecule has 0 aliphatic carbocycles. The van der Waals surface area contributed by atoms with Gasteiger partial charge in [-0.15, -0.1) is 0 Å². The summed E-state index contributed by atoms with van der Waals surface area (Å²) in [4.78, 5) is 16.5. The number of piperazine rings is 1. The van der Waals surface area contributed by atoms with Crippen molar-refractivity contribution >= 4 is 11.6 Å². The molecule has 0 atom stereocenters. The molecule has 126 valence electrons. The van der Waals surface area contributed by atoms with Gasteiger partial charge in [-0.05, 0) is 29.8 Å². The average Bonchev–Trinajstić information content (AvgIpc) is 2.62. The second-order valence-corrected chi connectivity index (χ2v) is 6.00. The van der Waals surface area contributed by atoms with Crippen LogP contribution in [-0.2, 0) is 11.3 Å². The lowest BCUT2D eigenvalue weighted by atomic mass is 10.2. The van der Waals surface area contributed by atoms with Gasteiger partial charge in [0.1, 0.15) is 5.82 Å². The Bertz CT molecular complexity index is 652. The zero-order valence-corrected chi connectivity index (χ0v) is 13.6. The normalized spacial score (nSPS) is 15.3. The molecule has 2 aromatic carbocycles. The number of nitrogens with one attached hydrogen (secondary N) is 1. The van der Waals surface area contributed by atoms with Crippen LogP contribution in [0.3, 0.4) is 0 Å². The third-order valence-corrected chi connectivity index (χ3v) is 4.26. The highest BCUT2D eigenvalue weighted by Crippen LogP contribution is 2.10. The first-order chi connectivity index (χ1) is 11.7. The lowest BCUT2D eigenvalue weighted by Crippen LogP contribution is -2.49. The summed E-state index contributed by atoms with van der Waals surface area (Å²) in [5.41, 5.74) is 2.06. The smallest absolute Gasteiger partial charge is 0.241 e. The van der Waals surface area contributed by atoms with Crippen LogP contribution in [0.1, 0.15) is 5.56 Å². The van der Waals surface area contributed by atoms with Crippen LogP contribution in [0.5, 0.6) is 0 Å². The van der Waals surface area contributed by atoms with E-state index >= 15 is 0 Å². The lowest BCUT2D eigenvalue weighted by molar-refractivity contribution is -0.131. The Morgan fingerprint density at radius 3 is 2.29 bits per heavy atom. The molecule has 3 rings (SSSR count). The standard InChI is InChI=1S/C19H22FN3O/c20-17-6-8-18(9-7-17)21-14-19(24)23-12-10-22(11-13-23)15-16-4-2-1-3-5-16/h1-9,21H,10-15H2. The van der Waals surface area contributed by atoms with Crippen LogP contribution >= 0.6 is 0 Å². The summed E-state index contributed by atoms with van der Waals surface area (Å²) in [5, 5.41) is 3.05. The fourth-order valence-electron chi connectivity index (χ4n) is 2.85. The van der Waals surface area contributed by atoms with Crippen molar-refractivity contribution in [1.82, 2.24) is 9.80 Å². The van der Waals surface area contributed by atoms with E-state index in [-0.39, 0.29) is 18.3 Å². The topological polar surface area (TPSA) is 35.6 Å². The molecular formula is C19H22FN3O. The van der Waals surface area contributed by atoms with Gasteiger partial charge in [0.05, 0.1) is 6.54 Å². The minimum absolute atomic E-state index is 0.0821. The molecule has 1 aliphatic heterocycles. The van der Waals surface area contributed by atoms with E-state index in [1.165, 1.54) is 17.7 Å². The predicted molar refractivity (Wildman–Crippen MR) is 93.2 cm³/mol. The molecule has 5 heteroatoms. The van der Waals surface area contributed by atoms with Crippen LogP contribution in [0.15, 0.2) is 54.6 Å². The monoisotopic (exact) mass is 327 g/mol. The summed E-state index contributed by atoms with van der Waals surface area (Å²) >= 11 is 0. The van der Waals surface area contributed by atoms with Crippen molar-refractivity contribution in [2.75, 3.05) is 38.0 Å². The quantitative estimate of drug-likeness (QED) is 0.917. The van der Waals surface area contributed by atoms with Crippen molar-refractivity contribution in [3.63, 3.8) is 0 Å². The third kappa shape index (κ3) is 4.55. The Hall–Kier alpha value is -2.40. The Morgan fingerprint density at radius 2 is 1.62 bits per heavy atom. The van der Waals surface area contributed by atoms with E-state index in [1.807, 2.05) is 11.0 Å². The second-order valence-electron chi connectivity index (χ2n) is 6.00. The minimum Gasteiger partial charge on any atom is -0.376 e. The molecule has 0 saturated carbocycles. The molecule has 0 spiro atoms. The summed E-state index contributed by atoms with van der Waals surface area (Å²) in [6.45, 7) is 4.43. The highest BCUT2D eigenvalue weighted by Gasteiger charge is 2.20. The first-order valence-electron chi connectivity index (χ1n) is 8.24. The van der Waals surface area contributed by atoms with Crippen LogP contribution in [0.2, 0.25) is 0 Å². The molecule has 1 heterocycles. The van der Waals surface area contributed by atoms with Gasteiger partial charge in [-0.3, -0.25) is 9.69 Å². The Kier molecular flexibility index (Phi) is 5.43. The zero-order valence-electron chi connectivity index (χ0n) is 13.6. The van der Waals surface area contributed by atoms with Gasteiger partial charge < -0.3 is 10.2 Å². The minimum atomic E-state index is -0.276. The molecular weight excluding hydrogens is 305 g/mol. The van der Waals surface area contributed by atoms with Gasteiger partial charge in [-0.2, -0.15) is 0 Å². The fraction of sp³-hybridized carbons (Fsp3) is 0.316. The van der Waals surface area contributed by atoms with E-state index in [2.05, 4.69) is 34.5 Å². The number of amides is 1. The van der Waals surface area contributed by atoms with Crippen LogP contribution in [-0.4, -0.2) is 48.4 Å². The maximum atomic E-state index is 12.9. The summed E-state index contributed by atoms with van der Waals surface area (Å²) in [6, 6.07) is 16.4. The third-order valence-electron chi connectivity index (χ3n) is 4.26. The molecule has 0 unspecified atom stereocenters. The molecule has 0 bridgehead atoms. The van der Waals surface area contributed by atoms with Gasteiger partial charge in [-0.1, -0.05) is 30.3 Å². The number of hydrogen-bond donors (Lipinski definition) is 1. The highest BCUT2D eigenvalue weighted by atomic mass is 19.1. The van der Waals surface area contributed by atoms with Gasteiger partial charge >= 0.3 is 0 Å². The van der Waals surface area contributed by atoms with E-state index in [0.717, 1.165) is 38.4 Å². The highest BCUT2D eigenvalue weighted by molar-refractivity contribution is 5.81. The number of carbonyl (C=O) groups is 1. The van der Waals surface area contributed by atoms with E-state index < -0.39 is 0 Å². The van der Waals surface area contributed by atoms with E-state index in [1.54, 1.807) is 12.1 Å². The number of halogens is 1. The molecule has 1 saturated heterocycles. The van der Waals surface area contributed by atoms with E-state index in [0.29, 0.717) is 0 Å². The number of anilines is 1. The second kappa shape index (κ2) is 7.93. The molecule has 1 fully saturated rings. The zero-order chi connectivity index (χ0) is 16.8. The Labute approximate surface area is 141 Å². The molecule has 1 amide bonds. The van der Waals surface area contributed by atoms with Crippen molar-refractivity contribution in [2.45, 2.75) is 6.54 Å². The van der Waals surface area contributed by atoms with Crippen LogP contribution < -0.4 is 5.32 Å². The largest absolute Gasteiger partial charge is 0.376 e. The first-order valence-corrected chi connectivity index (χ1v) is 8.24. The molecule has 2 aromatic rings. The molecule has 0 aromatic heterocycles. The maximum absolute atomic E-state index is 12.9. The predicted octanol–water partition coefficient (Wildman–Crippen LogP) is 2.58. The molecule has 4 nitrogen and oxygen atoms in total. The molecule has 0 radical (unpaired) electrons. The van der Waals surface area contributed by atoms with Crippen LogP contribution in [0, 0.1) is 5.82 Å². The van der Waals surface area contributed by atoms with Crippen molar-refractivity contribution < 1.29 is 9.18 Å². The maximum Gasteiger partial charge on any atom is 0.241 e. The Morgan fingerprint density at radius 1 is 0.958 bits per heavy atom.